The van der Waals surface area contributed by atoms with Crippen molar-refractivity contribution in [3.63, 3.8) is 0 Å². The zero-order valence-corrected chi connectivity index (χ0v) is 8.09. The summed E-state index contributed by atoms with van der Waals surface area (Å²) in [5, 5.41) is 0. The first-order valence-corrected chi connectivity index (χ1v) is 4.08. The standard InChI is InChI=1S/C8H9BrN2/c1-6-3-4-11-8(9)7(6)5-10-2/h3-5H,1-2H3. The Morgan fingerprint density at radius 2 is 2.36 bits per heavy atom. The van der Waals surface area contributed by atoms with Gasteiger partial charge in [-0.3, -0.25) is 4.99 Å². The molecule has 0 saturated carbocycles. The molecule has 0 aliphatic carbocycles. The zero-order valence-electron chi connectivity index (χ0n) is 6.50. The first kappa shape index (κ1) is 8.40. The molecule has 3 heteroatoms. The van der Waals surface area contributed by atoms with E-state index in [0.717, 1.165) is 10.2 Å². The molecular formula is C8H9BrN2. The van der Waals surface area contributed by atoms with Crippen LogP contribution in [0, 0.1) is 6.92 Å². The lowest BCUT2D eigenvalue weighted by atomic mass is 10.2. The van der Waals surface area contributed by atoms with Gasteiger partial charge in [0, 0.05) is 25.0 Å². The Morgan fingerprint density at radius 3 is 2.91 bits per heavy atom. The predicted molar refractivity (Wildman–Crippen MR) is 50.2 cm³/mol. The summed E-state index contributed by atoms with van der Waals surface area (Å²) in [5.41, 5.74) is 2.23. The van der Waals surface area contributed by atoms with Crippen LogP contribution in [0.25, 0.3) is 0 Å². The van der Waals surface area contributed by atoms with Gasteiger partial charge in [0.25, 0.3) is 0 Å². The van der Waals surface area contributed by atoms with E-state index in [2.05, 4.69) is 25.9 Å². The smallest absolute Gasteiger partial charge is 0.115 e. The molecule has 0 fully saturated rings. The average Bonchev–Trinajstić information content (AvgIpc) is 1.97. The Morgan fingerprint density at radius 1 is 1.64 bits per heavy atom. The van der Waals surface area contributed by atoms with Gasteiger partial charge in [-0.1, -0.05) is 0 Å². The molecule has 1 rings (SSSR count). The van der Waals surface area contributed by atoms with Crippen molar-refractivity contribution in [1.29, 1.82) is 0 Å². The minimum absolute atomic E-state index is 0.850. The van der Waals surface area contributed by atoms with Crippen molar-refractivity contribution in [1.82, 2.24) is 4.98 Å². The van der Waals surface area contributed by atoms with E-state index in [1.54, 1.807) is 19.5 Å². The van der Waals surface area contributed by atoms with Crippen LogP contribution in [-0.2, 0) is 0 Å². The molecule has 11 heavy (non-hydrogen) atoms. The van der Waals surface area contributed by atoms with Crippen LogP contribution in [-0.4, -0.2) is 18.2 Å². The van der Waals surface area contributed by atoms with Crippen molar-refractivity contribution in [3.05, 3.63) is 28.0 Å². The highest BCUT2D eigenvalue weighted by Gasteiger charge is 1.99. The van der Waals surface area contributed by atoms with Crippen molar-refractivity contribution in [2.45, 2.75) is 6.92 Å². The minimum atomic E-state index is 0.850. The predicted octanol–water partition coefficient (Wildman–Crippen LogP) is 2.20. The van der Waals surface area contributed by atoms with Crippen LogP contribution in [0.5, 0.6) is 0 Å². The van der Waals surface area contributed by atoms with Gasteiger partial charge in [0.2, 0.25) is 0 Å². The molecule has 0 aliphatic heterocycles. The number of aryl methyl sites for hydroxylation is 1. The van der Waals surface area contributed by atoms with Gasteiger partial charge in [0.05, 0.1) is 0 Å². The highest BCUT2D eigenvalue weighted by atomic mass is 79.9. The lowest BCUT2D eigenvalue weighted by molar-refractivity contribution is 1.23. The third-order valence-electron chi connectivity index (χ3n) is 1.42. The molecule has 1 heterocycles. The molecule has 0 atom stereocenters. The molecule has 58 valence electrons. The van der Waals surface area contributed by atoms with Gasteiger partial charge < -0.3 is 0 Å². The second-order valence-corrected chi connectivity index (χ2v) is 2.97. The highest BCUT2D eigenvalue weighted by Crippen LogP contribution is 2.14. The SMILES string of the molecule is CN=Cc1c(C)ccnc1Br. The summed E-state index contributed by atoms with van der Waals surface area (Å²) in [6, 6.07) is 1.96. The third-order valence-corrected chi connectivity index (χ3v) is 2.05. The number of aromatic nitrogens is 1. The lowest BCUT2D eigenvalue weighted by Crippen LogP contribution is -1.90. The quantitative estimate of drug-likeness (QED) is 0.518. The maximum Gasteiger partial charge on any atom is 0.115 e. The number of rotatable bonds is 1. The van der Waals surface area contributed by atoms with E-state index in [0.29, 0.717) is 0 Å². The molecule has 0 aromatic carbocycles. The van der Waals surface area contributed by atoms with Gasteiger partial charge in [-0.25, -0.2) is 4.98 Å². The monoisotopic (exact) mass is 212 g/mol. The normalized spacial score (nSPS) is 10.8. The molecule has 0 aliphatic rings. The van der Waals surface area contributed by atoms with E-state index in [4.69, 9.17) is 0 Å². The fourth-order valence-corrected chi connectivity index (χ4v) is 1.35. The average molecular weight is 213 g/mol. The number of nitrogens with zero attached hydrogens (tertiary/aromatic N) is 2. The van der Waals surface area contributed by atoms with Crippen LogP contribution < -0.4 is 0 Å². The first-order chi connectivity index (χ1) is 5.25. The molecule has 0 N–H and O–H groups in total. The van der Waals surface area contributed by atoms with E-state index < -0.39 is 0 Å². The highest BCUT2D eigenvalue weighted by molar-refractivity contribution is 9.10. The van der Waals surface area contributed by atoms with Crippen molar-refractivity contribution < 1.29 is 0 Å². The van der Waals surface area contributed by atoms with E-state index in [1.165, 1.54) is 5.56 Å². The van der Waals surface area contributed by atoms with Gasteiger partial charge in [0.1, 0.15) is 4.60 Å². The zero-order chi connectivity index (χ0) is 8.27. The van der Waals surface area contributed by atoms with Crippen LogP contribution in [0.3, 0.4) is 0 Å². The summed E-state index contributed by atoms with van der Waals surface area (Å²) < 4.78 is 0.850. The van der Waals surface area contributed by atoms with Crippen LogP contribution in [0.2, 0.25) is 0 Å². The number of hydrogen-bond acceptors (Lipinski definition) is 2. The van der Waals surface area contributed by atoms with Crippen LogP contribution >= 0.6 is 15.9 Å². The van der Waals surface area contributed by atoms with Crippen LogP contribution in [0.4, 0.5) is 0 Å². The number of aliphatic imine (C=N–C) groups is 1. The Bertz CT molecular complexity index is 261. The third kappa shape index (κ3) is 1.87. The van der Waals surface area contributed by atoms with Crippen molar-refractivity contribution in [2.24, 2.45) is 4.99 Å². The Labute approximate surface area is 74.5 Å². The second kappa shape index (κ2) is 3.62. The van der Waals surface area contributed by atoms with Gasteiger partial charge in [-0.2, -0.15) is 0 Å². The van der Waals surface area contributed by atoms with Crippen molar-refractivity contribution >= 4 is 22.1 Å². The van der Waals surface area contributed by atoms with Gasteiger partial charge in [0.15, 0.2) is 0 Å². The van der Waals surface area contributed by atoms with Crippen molar-refractivity contribution in [2.75, 3.05) is 7.05 Å². The fraction of sp³-hybridized carbons (Fsp3) is 0.250. The first-order valence-electron chi connectivity index (χ1n) is 3.29. The Hall–Kier alpha value is -0.700. The summed E-state index contributed by atoms with van der Waals surface area (Å²) in [6.45, 7) is 2.03. The minimum Gasteiger partial charge on any atom is -0.296 e. The van der Waals surface area contributed by atoms with Crippen LogP contribution in [0.15, 0.2) is 21.9 Å². The Kier molecular flexibility index (Phi) is 2.76. The number of halogens is 1. The van der Waals surface area contributed by atoms with Crippen molar-refractivity contribution in [3.8, 4) is 0 Å². The van der Waals surface area contributed by atoms with Gasteiger partial charge >= 0.3 is 0 Å². The molecule has 0 radical (unpaired) electrons. The molecular weight excluding hydrogens is 204 g/mol. The van der Waals surface area contributed by atoms with E-state index >= 15 is 0 Å². The summed E-state index contributed by atoms with van der Waals surface area (Å²) in [5.74, 6) is 0. The van der Waals surface area contributed by atoms with Gasteiger partial charge in [-0.05, 0) is 34.5 Å². The van der Waals surface area contributed by atoms with Gasteiger partial charge in [-0.15, -0.1) is 0 Å². The molecule has 2 nitrogen and oxygen atoms in total. The lowest BCUT2D eigenvalue weighted by Gasteiger charge is -1.99. The fourth-order valence-electron chi connectivity index (χ4n) is 0.821. The van der Waals surface area contributed by atoms with E-state index in [1.807, 2.05) is 13.0 Å². The van der Waals surface area contributed by atoms with Crippen LogP contribution in [0.1, 0.15) is 11.1 Å². The molecule has 0 spiro atoms. The molecule has 0 amide bonds. The maximum absolute atomic E-state index is 4.08. The summed E-state index contributed by atoms with van der Waals surface area (Å²) >= 11 is 3.35. The largest absolute Gasteiger partial charge is 0.296 e. The Balaban J connectivity index is 3.20. The molecule has 1 aromatic rings. The van der Waals surface area contributed by atoms with E-state index in [-0.39, 0.29) is 0 Å². The summed E-state index contributed by atoms with van der Waals surface area (Å²) in [6.07, 6.45) is 3.57. The molecule has 0 unspecified atom stereocenters. The number of pyridine rings is 1. The maximum atomic E-state index is 4.08. The molecule has 1 aromatic heterocycles. The van der Waals surface area contributed by atoms with E-state index in [9.17, 15) is 0 Å². The second-order valence-electron chi connectivity index (χ2n) is 2.22. The number of hydrogen-bond donors (Lipinski definition) is 0. The summed E-state index contributed by atoms with van der Waals surface area (Å²) in [4.78, 5) is 8.02. The topological polar surface area (TPSA) is 25.2 Å². The molecule has 0 bridgehead atoms. The molecule has 0 saturated heterocycles. The summed E-state index contributed by atoms with van der Waals surface area (Å²) in [7, 11) is 1.75.